The lowest BCUT2D eigenvalue weighted by molar-refractivity contribution is -0.152. The molecule has 0 bridgehead atoms. The van der Waals surface area contributed by atoms with Crippen LogP contribution >= 0.6 is 0 Å². The lowest BCUT2D eigenvalue weighted by Gasteiger charge is -2.46. The summed E-state index contributed by atoms with van der Waals surface area (Å²) < 4.78 is 29.4. The second-order valence-corrected chi connectivity index (χ2v) is 9.67. The Labute approximate surface area is 204 Å². The number of carbonyl (C=O) groups is 2. The van der Waals surface area contributed by atoms with Gasteiger partial charge in [-0.3, -0.25) is 9.59 Å². The van der Waals surface area contributed by atoms with E-state index in [2.05, 4.69) is 11.6 Å². The maximum absolute atomic E-state index is 15.0. The second kappa shape index (κ2) is 10.6. The molecule has 1 saturated carbocycles. The Morgan fingerprint density at radius 1 is 1.26 bits per heavy atom. The zero-order valence-electron chi connectivity index (χ0n) is 20.0. The fourth-order valence-electron chi connectivity index (χ4n) is 5.93. The van der Waals surface area contributed by atoms with E-state index in [4.69, 9.17) is 0 Å². The number of allylic oxidation sites excluding steroid dienone is 4. The van der Waals surface area contributed by atoms with Crippen molar-refractivity contribution >= 4 is 28.6 Å². The number of benzene rings is 1. The molecular weight excluding hydrogens is 450 g/mol. The molecule has 1 aliphatic heterocycles. The van der Waals surface area contributed by atoms with Crippen LogP contribution in [0.3, 0.4) is 0 Å². The molecule has 1 aromatic carbocycles. The number of aromatic nitrogens is 1. The molecule has 4 atom stereocenters. The molecule has 4 rings (SSSR count). The third-order valence-corrected chi connectivity index (χ3v) is 7.57. The van der Waals surface area contributed by atoms with Crippen LogP contribution in [-0.2, 0) is 9.59 Å². The average molecular weight is 483 g/mol. The summed E-state index contributed by atoms with van der Waals surface area (Å²) in [6.45, 7) is 6.03. The van der Waals surface area contributed by atoms with Gasteiger partial charge in [-0.15, -0.1) is 0 Å². The number of H-pyrrole nitrogens is 1. The van der Waals surface area contributed by atoms with E-state index in [0.29, 0.717) is 23.9 Å². The number of aromatic amines is 1. The van der Waals surface area contributed by atoms with Gasteiger partial charge in [-0.1, -0.05) is 44.2 Å². The number of nitrogens with zero attached hydrogens (tertiary/aromatic N) is 1. The van der Waals surface area contributed by atoms with E-state index in [9.17, 15) is 19.1 Å². The van der Waals surface area contributed by atoms with Crippen molar-refractivity contribution in [3.8, 4) is 0 Å². The summed E-state index contributed by atoms with van der Waals surface area (Å²) in [6, 6.07) is 4.95. The molecule has 2 aromatic rings. The quantitative estimate of drug-likeness (QED) is 0.442. The number of piperidine rings is 1. The molecule has 1 amide bonds. The number of likely N-dealkylation sites (tertiary alicyclic amines) is 1. The monoisotopic (exact) mass is 482 g/mol. The van der Waals surface area contributed by atoms with Crippen LogP contribution in [0.4, 0.5) is 8.78 Å². The van der Waals surface area contributed by atoms with Crippen molar-refractivity contribution in [2.75, 3.05) is 6.54 Å². The van der Waals surface area contributed by atoms with Crippen molar-refractivity contribution in [2.45, 2.75) is 57.4 Å². The number of carboxylic acids is 1. The number of halogens is 2. The lowest BCUT2D eigenvalue weighted by Crippen LogP contribution is -2.53. The minimum Gasteiger partial charge on any atom is -0.481 e. The minimum atomic E-state index is -0.988. The van der Waals surface area contributed by atoms with E-state index in [-0.39, 0.29) is 35.8 Å². The zero-order valence-corrected chi connectivity index (χ0v) is 20.0. The maximum atomic E-state index is 15.0. The fraction of sp³-hybridized carbons (Fsp3) is 0.429. The van der Waals surface area contributed by atoms with Crippen LogP contribution in [-0.4, -0.2) is 39.5 Å². The standard InChI is InChI=1S/C28H32F2N2O3/c1-3-4-11-22(29)27(30)20-9-5-12-23-26(20)21(16-31-23)17(2)15-25(33)32-14-7-10-18-19(28(34)35)8-6-13-24(18)32/h3-5,9,11-12,16-19,24,31H,1,6-8,10,13-15H2,2H3,(H,34,35)/b11-4-,27-22+. The van der Waals surface area contributed by atoms with Crippen LogP contribution in [0.2, 0.25) is 0 Å². The Morgan fingerprint density at radius 2 is 2.06 bits per heavy atom. The van der Waals surface area contributed by atoms with Crippen molar-refractivity contribution in [3.63, 3.8) is 0 Å². The molecule has 2 N–H and O–H groups in total. The highest BCUT2D eigenvalue weighted by molar-refractivity contribution is 5.95. The van der Waals surface area contributed by atoms with E-state index in [0.717, 1.165) is 37.3 Å². The topological polar surface area (TPSA) is 73.4 Å². The van der Waals surface area contributed by atoms with Gasteiger partial charge in [-0.2, -0.15) is 0 Å². The number of amides is 1. The van der Waals surface area contributed by atoms with E-state index in [1.807, 2.05) is 11.8 Å². The third kappa shape index (κ3) is 4.95. The largest absolute Gasteiger partial charge is 0.481 e. The molecule has 7 heteroatoms. The highest BCUT2D eigenvalue weighted by Gasteiger charge is 2.43. The summed E-state index contributed by atoms with van der Waals surface area (Å²) in [5.74, 6) is -3.36. The van der Waals surface area contributed by atoms with Crippen LogP contribution in [0.25, 0.3) is 16.7 Å². The number of hydrogen-bond donors (Lipinski definition) is 2. The summed E-state index contributed by atoms with van der Waals surface area (Å²) in [5.41, 5.74) is 1.56. The number of aliphatic carboxylic acids is 1. The van der Waals surface area contributed by atoms with Crippen LogP contribution in [0.1, 0.15) is 62.5 Å². The molecule has 2 fully saturated rings. The first-order valence-corrected chi connectivity index (χ1v) is 12.3. The van der Waals surface area contributed by atoms with E-state index in [1.54, 1.807) is 18.3 Å². The Kier molecular flexibility index (Phi) is 7.53. The molecule has 186 valence electrons. The number of carboxylic acid groups (broad SMARTS) is 1. The van der Waals surface area contributed by atoms with Gasteiger partial charge in [-0.05, 0) is 55.2 Å². The van der Waals surface area contributed by atoms with Gasteiger partial charge in [0, 0.05) is 41.7 Å². The predicted octanol–water partition coefficient (Wildman–Crippen LogP) is 6.50. The lowest BCUT2D eigenvalue weighted by atomic mass is 9.71. The molecule has 5 nitrogen and oxygen atoms in total. The Balaban J connectivity index is 1.59. The molecule has 2 heterocycles. The second-order valence-electron chi connectivity index (χ2n) is 9.67. The van der Waals surface area contributed by atoms with Gasteiger partial charge in [0.1, 0.15) is 0 Å². The molecule has 2 aliphatic rings. The molecule has 35 heavy (non-hydrogen) atoms. The van der Waals surface area contributed by atoms with Crippen molar-refractivity contribution in [2.24, 2.45) is 11.8 Å². The van der Waals surface area contributed by atoms with Crippen LogP contribution in [0, 0.1) is 11.8 Å². The summed E-state index contributed by atoms with van der Waals surface area (Å²) >= 11 is 0. The van der Waals surface area contributed by atoms with Crippen molar-refractivity contribution in [1.82, 2.24) is 9.88 Å². The zero-order chi connectivity index (χ0) is 25.1. The smallest absolute Gasteiger partial charge is 0.306 e. The third-order valence-electron chi connectivity index (χ3n) is 7.57. The number of rotatable bonds is 7. The highest BCUT2D eigenvalue weighted by atomic mass is 19.2. The van der Waals surface area contributed by atoms with Crippen LogP contribution in [0.15, 0.2) is 55.0 Å². The highest BCUT2D eigenvalue weighted by Crippen LogP contribution is 2.41. The van der Waals surface area contributed by atoms with Crippen LogP contribution in [0.5, 0.6) is 0 Å². The molecule has 4 unspecified atom stereocenters. The Bertz CT molecular complexity index is 1180. The van der Waals surface area contributed by atoms with Crippen molar-refractivity contribution in [1.29, 1.82) is 0 Å². The maximum Gasteiger partial charge on any atom is 0.306 e. The van der Waals surface area contributed by atoms with Crippen molar-refractivity contribution < 1.29 is 23.5 Å². The van der Waals surface area contributed by atoms with E-state index >= 15 is 4.39 Å². The SMILES string of the molecule is C=C/C=C\C(F)=C(/F)c1cccc2[nH]cc(C(C)CC(=O)N3CCCC4C(C(=O)O)CCCC43)c12. The Hall–Kier alpha value is -3.22. The molecule has 1 saturated heterocycles. The number of nitrogens with one attached hydrogen (secondary N) is 1. The van der Waals surface area contributed by atoms with Crippen molar-refractivity contribution in [3.05, 3.63) is 66.2 Å². The van der Waals surface area contributed by atoms with Gasteiger partial charge in [0.2, 0.25) is 5.91 Å². The Morgan fingerprint density at radius 3 is 2.80 bits per heavy atom. The summed E-state index contributed by atoms with van der Waals surface area (Å²) in [5, 5.41) is 10.2. The fourth-order valence-corrected chi connectivity index (χ4v) is 5.93. The molecule has 0 spiro atoms. The normalized spacial score (nSPS) is 24.2. The summed E-state index contributed by atoms with van der Waals surface area (Å²) in [7, 11) is 0. The van der Waals surface area contributed by atoms with Gasteiger partial charge >= 0.3 is 5.97 Å². The van der Waals surface area contributed by atoms with Gasteiger partial charge in [-0.25, -0.2) is 8.78 Å². The first kappa shape index (κ1) is 24.9. The summed E-state index contributed by atoms with van der Waals surface area (Å²) in [4.78, 5) is 30.2. The number of hydrogen-bond acceptors (Lipinski definition) is 2. The number of carbonyl (C=O) groups excluding carboxylic acids is 1. The number of fused-ring (bicyclic) bond motifs is 2. The molecule has 1 aliphatic carbocycles. The molecular formula is C28H32F2N2O3. The predicted molar refractivity (Wildman–Crippen MR) is 133 cm³/mol. The van der Waals surface area contributed by atoms with E-state index in [1.165, 1.54) is 18.2 Å². The van der Waals surface area contributed by atoms with Gasteiger partial charge in [0.25, 0.3) is 0 Å². The first-order valence-electron chi connectivity index (χ1n) is 12.3. The minimum absolute atomic E-state index is 0.000207. The van der Waals surface area contributed by atoms with Gasteiger partial charge in [0.05, 0.1) is 5.92 Å². The average Bonchev–Trinajstić information content (AvgIpc) is 3.30. The van der Waals surface area contributed by atoms with Crippen LogP contribution < -0.4 is 0 Å². The first-order chi connectivity index (χ1) is 16.8. The van der Waals surface area contributed by atoms with E-state index < -0.39 is 23.5 Å². The van der Waals surface area contributed by atoms with Gasteiger partial charge in [0.15, 0.2) is 11.7 Å². The molecule has 0 radical (unpaired) electrons. The molecule has 1 aromatic heterocycles. The summed E-state index contributed by atoms with van der Waals surface area (Å²) in [6.07, 6.45) is 9.66. The van der Waals surface area contributed by atoms with Gasteiger partial charge < -0.3 is 15.0 Å².